The highest BCUT2D eigenvalue weighted by Gasteiger charge is 2.34. The molecule has 0 radical (unpaired) electrons. The zero-order valence-electron chi connectivity index (χ0n) is 12.7. The first-order valence-corrected chi connectivity index (χ1v) is 8.99. The first-order valence-electron chi connectivity index (χ1n) is 7.14. The van der Waals surface area contributed by atoms with Crippen molar-refractivity contribution in [2.75, 3.05) is 18.1 Å². The molecule has 1 N–H and O–H groups in total. The van der Waals surface area contributed by atoms with Crippen LogP contribution in [0.5, 0.6) is 0 Å². The fourth-order valence-corrected chi connectivity index (χ4v) is 3.73. The lowest BCUT2D eigenvalue weighted by molar-refractivity contribution is -0.120. The van der Waals surface area contributed by atoms with Crippen LogP contribution < -0.4 is 5.32 Å². The lowest BCUT2D eigenvalue weighted by atomic mass is 10.0. The summed E-state index contributed by atoms with van der Waals surface area (Å²) in [4.78, 5) is 12.4. The van der Waals surface area contributed by atoms with Crippen molar-refractivity contribution in [2.45, 2.75) is 39.2 Å². The van der Waals surface area contributed by atoms with Crippen LogP contribution in [0, 0.1) is 13.8 Å². The molecular weight excluding hydrogens is 288 g/mol. The SMILES string of the molecule is Cc1ccc(NC(=O)C2CCCCN2S(C)(=O)=O)cc1C. The molecule has 1 fully saturated rings. The number of carbonyl (C=O) groups is 1. The number of benzene rings is 1. The summed E-state index contributed by atoms with van der Waals surface area (Å²) in [7, 11) is -3.35. The Morgan fingerprint density at radius 1 is 1.24 bits per heavy atom. The number of sulfonamides is 1. The average Bonchev–Trinajstić information content (AvgIpc) is 2.42. The smallest absolute Gasteiger partial charge is 0.242 e. The fourth-order valence-electron chi connectivity index (χ4n) is 2.61. The summed E-state index contributed by atoms with van der Waals surface area (Å²) in [6, 6.07) is 5.09. The van der Waals surface area contributed by atoms with Gasteiger partial charge >= 0.3 is 0 Å². The zero-order chi connectivity index (χ0) is 15.6. The molecule has 1 aliphatic rings. The molecule has 0 aliphatic carbocycles. The second-order valence-electron chi connectivity index (χ2n) is 5.67. The van der Waals surface area contributed by atoms with E-state index < -0.39 is 16.1 Å². The van der Waals surface area contributed by atoms with Gasteiger partial charge < -0.3 is 5.32 Å². The number of carbonyl (C=O) groups excluding carboxylic acids is 1. The second kappa shape index (κ2) is 6.15. The average molecular weight is 310 g/mol. The Morgan fingerprint density at radius 3 is 2.57 bits per heavy atom. The van der Waals surface area contributed by atoms with Crippen LogP contribution in [0.2, 0.25) is 0 Å². The van der Waals surface area contributed by atoms with Gasteiger partial charge in [-0.05, 0) is 49.9 Å². The predicted molar refractivity (Wildman–Crippen MR) is 83.7 cm³/mol. The minimum atomic E-state index is -3.35. The van der Waals surface area contributed by atoms with Gasteiger partial charge in [0.05, 0.1) is 6.26 Å². The third-order valence-electron chi connectivity index (χ3n) is 3.96. The van der Waals surface area contributed by atoms with E-state index in [0.29, 0.717) is 18.7 Å². The topological polar surface area (TPSA) is 66.5 Å². The van der Waals surface area contributed by atoms with Crippen molar-refractivity contribution < 1.29 is 13.2 Å². The highest BCUT2D eigenvalue weighted by molar-refractivity contribution is 7.88. The summed E-state index contributed by atoms with van der Waals surface area (Å²) in [6.45, 7) is 4.41. The van der Waals surface area contributed by atoms with E-state index in [4.69, 9.17) is 0 Å². The van der Waals surface area contributed by atoms with Crippen LogP contribution in [0.25, 0.3) is 0 Å². The number of piperidine rings is 1. The molecule has 1 aromatic carbocycles. The number of hydrogen-bond donors (Lipinski definition) is 1. The van der Waals surface area contributed by atoms with Crippen molar-refractivity contribution in [3.63, 3.8) is 0 Å². The third kappa shape index (κ3) is 3.83. The van der Waals surface area contributed by atoms with Crippen molar-refractivity contribution in [1.29, 1.82) is 0 Å². The number of nitrogens with zero attached hydrogens (tertiary/aromatic N) is 1. The van der Waals surface area contributed by atoms with Gasteiger partial charge in [0.25, 0.3) is 0 Å². The molecule has 21 heavy (non-hydrogen) atoms. The highest BCUT2D eigenvalue weighted by atomic mass is 32.2. The van der Waals surface area contributed by atoms with E-state index in [1.807, 2.05) is 32.0 Å². The maximum atomic E-state index is 12.4. The molecule has 0 aromatic heterocycles. The number of rotatable bonds is 3. The maximum Gasteiger partial charge on any atom is 0.242 e. The summed E-state index contributed by atoms with van der Waals surface area (Å²) < 4.78 is 24.9. The van der Waals surface area contributed by atoms with Crippen LogP contribution >= 0.6 is 0 Å². The van der Waals surface area contributed by atoms with E-state index in [2.05, 4.69) is 5.32 Å². The van der Waals surface area contributed by atoms with Crippen molar-refractivity contribution >= 4 is 21.6 Å². The Morgan fingerprint density at radius 2 is 1.95 bits per heavy atom. The quantitative estimate of drug-likeness (QED) is 0.929. The molecule has 0 bridgehead atoms. The molecule has 1 amide bonds. The molecule has 1 atom stereocenters. The normalized spacial score (nSPS) is 20.2. The molecule has 0 saturated carbocycles. The Balaban J connectivity index is 2.16. The molecule has 0 spiro atoms. The Bertz CT molecular complexity index is 640. The van der Waals surface area contributed by atoms with Crippen LogP contribution in [0.15, 0.2) is 18.2 Å². The minimum Gasteiger partial charge on any atom is -0.325 e. The van der Waals surface area contributed by atoms with E-state index in [1.165, 1.54) is 4.31 Å². The molecule has 116 valence electrons. The van der Waals surface area contributed by atoms with E-state index >= 15 is 0 Å². The summed E-state index contributed by atoms with van der Waals surface area (Å²) in [5.41, 5.74) is 2.96. The molecule has 1 heterocycles. The molecular formula is C15H22N2O3S. The first kappa shape index (κ1) is 16.0. The molecule has 1 aromatic rings. The van der Waals surface area contributed by atoms with Crippen LogP contribution in [-0.2, 0) is 14.8 Å². The van der Waals surface area contributed by atoms with Crippen LogP contribution in [-0.4, -0.2) is 37.5 Å². The second-order valence-corrected chi connectivity index (χ2v) is 7.61. The van der Waals surface area contributed by atoms with Crippen LogP contribution in [0.1, 0.15) is 30.4 Å². The van der Waals surface area contributed by atoms with Gasteiger partial charge in [0.1, 0.15) is 6.04 Å². The zero-order valence-corrected chi connectivity index (χ0v) is 13.5. The van der Waals surface area contributed by atoms with Gasteiger partial charge in [-0.1, -0.05) is 12.5 Å². The molecule has 5 nitrogen and oxygen atoms in total. The van der Waals surface area contributed by atoms with Gasteiger partial charge in [-0.2, -0.15) is 4.31 Å². The number of hydrogen-bond acceptors (Lipinski definition) is 3. The van der Waals surface area contributed by atoms with Crippen molar-refractivity contribution in [1.82, 2.24) is 4.31 Å². The summed E-state index contributed by atoms with van der Waals surface area (Å²) >= 11 is 0. The van der Waals surface area contributed by atoms with Gasteiger partial charge in [0, 0.05) is 12.2 Å². The van der Waals surface area contributed by atoms with Gasteiger partial charge in [0.2, 0.25) is 15.9 Å². The van der Waals surface area contributed by atoms with Crippen LogP contribution in [0.3, 0.4) is 0 Å². The summed E-state index contributed by atoms with van der Waals surface area (Å²) in [5, 5.41) is 2.84. The molecule has 1 saturated heterocycles. The molecule has 1 unspecified atom stereocenters. The largest absolute Gasteiger partial charge is 0.325 e. The predicted octanol–water partition coefficient (Wildman–Crippen LogP) is 2.06. The summed E-state index contributed by atoms with van der Waals surface area (Å²) in [6.07, 6.45) is 3.41. The standard InChI is InChI=1S/C15H22N2O3S/c1-11-7-8-13(10-12(11)2)16-15(18)14-6-4-5-9-17(14)21(3,19)20/h7-8,10,14H,4-6,9H2,1-3H3,(H,16,18). The Kier molecular flexibility index (Phi) is 4.68. The lowest BCUT2D eigenvalue weighted by Crippen LogP contribution is -2.49. The molecule has 1 aliphatic heterocycles. The van der Waals surface area contributed by atoms with E-state index in [9.17, 15) is 13.2 Å². The number of amides is 1. The van der Waals surface area contributed by atoms with Crippen LogP contribution in [0.4, 0.5) is 5.69 Å². The maximum absolute atomic E-state index is 12.4. The molecule has 2 rings (SSSR count). The monoisotopic (exact) mass is 310 g/mol. The summed E-state index contributed by atoms with van der Waals surface area (Å²) in [5.74, 6) is -0.247. The number of nitrogens with one attached hydrogen (secondary N) is 1. The van der Waals surface area contributed by atoms with Crippen molar-refractivity contribution in [3.05, 3.63) is 29.3 Å². The first-order chi connectivity index (χ1) is 9.79. The molecule has 6 heteroatoms. The van der Waals surface area contributed by atoms with Gasteiger partial charge in [-0.15, -0.1) is 0 Å². The third-order valence-corrected chi connectivity index (χ3v) is 5.25. The van der Waals surface area contributed by atoms with Gasteiger partial charge in [0.15, 0.2) is 0 Å². The Labute approximate surface area is 126 Å². The number of anilines is 1. The van der Waals surface area contributed by atoms with E-state index in [1.54, 1.807) is 0 Å². The number of aryl methyl sites for hydroxylation is 2. The van der Waals surface area contributed by atoms with Crippen molar-refractivity contribution in [2.24, 2.45) is 0 Å². The minimum absolute atomic E-state index is 0.247. The van der Waals surface area contributed by atoms with Gasteiger partial charge in [-0.3, -0.25) is 4.79 Å². The van der Waals surface area contributed by atoms with E-state index in [0.717, 1.165) is 30.2 Å². The Hall–Kier alpha value is -1.40. The highest BCUT2D eigenvalue weighted by Crippen LogP contribution is 2.22. The van der Waals surface area contributed by atoms with Crippen molar-refractivity contribution in [3.8, 4) is 0 Å². The fraction of sp³-hybridized carbons (Fsp3) is 0.533. The van der Waals surface area contributed by atoms with Gasteiger partial charge in [-0.25, -0.2) is 8.42 Å². The lowest BCUT2D eigenvalue weighted by Gasteiger charge is -2.32. The van der Waals surface area contributed by atoms with E-state index in [-0.39, 0.29) is 5.91 Å².